The first kappa shape index (κ1) is 14.5. The number of nitrogens with one attached hydrogen (secondary N) is 1. The predicted molar refractivity (Wildman–Crippen MR) is 73.1 cm³/mol. The van der Waals surface area contributed by atoms with E-state index in [4.69, 9.17) is 5.73 Å². The lowest BCUT2D eigenvalue weighted by Crippen LogP contribution is -2.44. The quantitative estimate of drug-likeness (QED) is 0.844. The first-order valence-corrected chi connectivity index (χ1v) is 8.14. The number of hydrogen-bond donors (Lipinski definition) is 2. The number of aromatic nitrogens is 2. The van der Waals surface area contributed by atoms with Crippen LogP contribution in [0, 0.1) is 12.8 Å². The van der Waals surface area contributed by atoms with Crippen molar-refractivity contribution in [2.24, 2.45) is 18.7 Å². The van der Waals surface area contributed by atoms with E-state index in [9.17, 15) is 8.42 Å². The van der Waals surface area contributed by atoms with Crippen LogP contribution in [-0.2, 0) is 17.1 Å². The smallest absolute Gasteiger partial charge is 0.259 e. The van der Waals surface area contributed by atoms with Gasteiger partial charge in [-0.05, 0) is 32.2 Å². The standard InChI is InChI=1S/C12H22N4O2S/c1-9-14-12(8-16(9)2)19(17,18)15-11-6-4-3-5-10(11)7-13/h8,10-11,15H,3-7,13H2,1-2H3/t10-,11-/m0/s1. The molecule has 19 heavy (non-hydrogen) atoms. The van der Waals surface area contributed by atoms with Crippen molar-refractivity contribution < 1.29 is 8.42 Å². The van der Waals surface area contributed by atoms with Gasteiger partial charge in [-0.1, -0.05) is 12.8 Å². The average molecular weight is 286 g/mol. The number of nitrogens with zero attached hydrogens (tertiary/aromatic N) is 2. The second-order valence-electron chi connectivity index (χ2n) is 5.25. The fourth-order valence-corrected chi connectivity index (χ4v) is 3.94. The zero-order valence-electron chi connectivity index (χ0n) is 11.5. The van der Waals surface area contributed by atoms with Gasteiger partial charge in [0.1, 0.15) is 5.82 Å². The molecule has 1 fully saturated rings. The lowest BCUT2D eigenvalue weighted by molar-refractivity contribution is 0.296. The van der Waals surface area contributed by atoms with Gasteiger partial charge in [-0.2, -0.15) is 0 Å². The number of aryl methyl sites for hydroxylation is 2. The molecule has 1 aromatic rings. The molecule has 108 valence electrons. The number of nitrogens with two attached hydrogens (primary N) is 1. The monoisotopic (exact) mass is 286 g/mol. The molecule has 6 nitrogen and oxygen atoms in total. The van der Waals surface area contributed by atoms with Crippen LogP contribution in [0.1, 0.15) is 31.5 Å². The van der Waals surface area contributed by atoms with Crippen molar-refractivity contribution in [1.29, 1.82) is 0 Å². The van der Waals surface area contributed by atoms with Crippen molar-refractivity contribution in [3.8, 4) is 0 Å². The molecule has 3 N–H and O–H groups in total. The van der Waals surface area contributed by atoms with Crippen molar-refractivity contribution in [1.82, 2.24) is 14.3 Å². The van der Waals surface area contributed by atoms with Crippen LogP contribution < -0.4 is 10.5 Å². The molecule has 1 aliphatic rings. The molecule has 0 spiro atoms. The molecule has 0 unspecified atom stereocenters. The summed E-state index contributed by atoms with van der Waals surface area (Å²) in [5.74, 6) is 0.910. The van der Waals surface area contributed by atoms with Crippen LogP contribution >= 0.6 is 0 Å². The van der Waals surface area contributed by atoms with Gasteiger partial charge < -0.3 is 10.3 Å². The highest BCUT2D eigenvalue weighted by Crippen LogP contribution is 2.25. The number of sulfonamides is 1. The third-order valence-corrected chi connectivity index (χ3v) is 5.24. The number of hydrogen-bond acceptors (Lipinski definition) is 4. The molecular formula is C12H22N4O2S. The summed E-state index contributed by atoms with van der Waals surface area (Å²) in [6, 6.07) is -0.0638. The Morgan fingerprint density at radius 3 is 2.74 bits per heavy atom. The molecule has 2 atom stereocenters. The molecule has 0 aliphatic heterocycles. The third kappa shape index (κ3) is 3.16. The highest BCUT2D eigenvalue weighted by molar-refractivity contribution is 7.89. The van der Waals surface area contributed by atoms with Crippen LogP contribution in [0.5, 0.6) is 0 Å². The second kappa shape index (κ2) is 5.60. The Morgan fingerprint density at radius 1 is 1.47 bits per heavy atom. The van der Waals surface area contributed by atoms with Gasteiger partial charge in [0, 0.05) is 19.3 Å². The Balaban J connectivity index is 2.16. The van der Waals surface area contributed by atoms with E-state index in [1.54, 1.807) is 18.5 Å². The zero-order valence-corrected chi connectivity index (χ0v) is 12.3. The number of imidazole rings is 1. The lowest BCUT2D eigenvalue weighted by atomic mass is 9.85. The molecule has 7 heteroatoms. The van der Waals surface area contributed by atoms with Gasteiger partial charge in [0.25, 0.3) is 10.0 Å². The molecule has 1 aliphatic carbocycles. The summed E-state index contributed by atoms with van der Waals surface area (Å²) in [5, 5.41) is 0.0915. The molecular weight excluding hydrogens is 264 g/mol. The van der Waals surface area contributed by atoms with Crippen LogP contribution in [-0.4, -0.2) is 30.6 Å². The summed E-state index contributed by atoms with van der Waals surface area (Å²) in [4.78, 5) is 4.08. The Labute approximate surface area is 114 Å². The SMILES string of the molecule is Cc1nc(S(=O)(=O)N[C@H]2CCCC[C@H]2CN)cn1C. The normalized spacial score (nSPS) is 24.6. The van der Waals surface area contributed by atoms with Crippen molar-refractivity contribution >= 4 is 10.0 Å². The van der Waals surface area contributed by atoms with Crippen molar-refractivity contribution in [3.63, 3.8) is 0 Å². The largest absolute Gasteiger partial charge is 0.337 e. The van der Waals surface area contributed by atoms with Crippen molar-refractivity contribution in [3.05, 3.63) is 12.0 Å². The Bertz CT molecular complexity index is 518. The maximum absolute atomic E-state index is 12.3. The van der Waals surface area contributed by atoms with E-state index in [-0.39, 0.29) is 17.0 Å². The van der Waals surface area contributed by atoms with Crippen LogP contribution in [0.4, 0.5) is 0 Å². The highest BCUT2D eigenvalue weighted by Gasteiger charge is 2.29. The molecule has 1 saturated carbocycles. The van der Waals surface area contributed by atoms with Crippen LogP contribution in [0.15, 0.2) is 11.2 Å². The van der Waals surface area contributed by atoms with Gasteiger partial charge in [-0.3, -0.25) is 0 Å². The van der Waals surface area contributed by atoms with Crippen molar-refractivity contribution in [2.75, 3.05) is 6.54 Å². The van der Waals surface area contributed by atoms with Crippen molar-refractivity contribution in [2.45, 2.75) is 43.7 Å². The van der Waals surface area contributed by atoms with Crippen LogP contribution in [0.2, 0.25) is 0 Å². The summed E-state index contributed by atoms with van der Waals surface area (Å²) in [6.45, 7) is 2.30. The van der Waals surface area contributed by atoms with E-state index in [1.807, 2.05) is 0 Å². The first-order valence-electron chi connectivity index (χ1n) is 6.66. The molecule has 0 aromatic carbocycles. The van der Waals surface area contributed by atoms with Crippen LogP contribution in [0.25, 0.3) is 0 Å². The number of rotatable bonds is 4. The summed E-state index contributed by atoms with van der Waals surface area (Å²) in [6.07, 6.45) is 5.56. The van der Waals surface area contributed by atoms with Gasteiger partial charge in [0.15, 0.2) is 5.03 Å². The van der Waals surface area contributed by atoms with E-state index < -0.39 is 10.0 Å². The minimum absolute atomic E-state index is 0.0638. The van der Waals surface area contributed by atoms with E-state index >= 15 is 0 Å². The van der Waals surface area contributed by atoms with Crippen LogP contribution in [0.3, 0.4) is 0 Å². The first-order chi connectivity index (χ1) is 8.94. The van der Waals surface area contributed by atoms with E-state index in [0.29, 0.717) is 12.4 Å². The molecule has 0 radical (unpaired) electrons. The molecule has 0 bridgehead atoms. The topological polar surface area (TPSA) is 90.0 Å². The van der Waals surface area contributed by atoms with Gasteiger partial charge in [0.2, 0.25) is 0 Å². The molecule has 1 aromatic heterocycles. The van der Waals surface area contributed by atoms with E-state index in [2.05, 4.69) is 9.71 Å². The molecule has 0 saturated heterocycles. The lowest BCUT2D eigenvalue weighted by Gasteiger charge is -2.30. The third-order valence-electron chi connectivity index (χ3n) is 3.88. The summed E-state index contributed by atoms with van der Waals surface area (Å²) < 4.78 is 29.1. The molecule has 2 rings (SSSR count). The Kier molecular flexibility index (Phi) is 4.27. The average Bonchev–Trinajstić information content (AvgIpc) is 2.71. The second-order valence-corrected chi connectivity index (χ2v) is 6.91. The Hall–Kier alpha value is -0.920. The highest BCUT2D eigenvalue weighted by atomic mass is 32.2. The molecule has 0 amide bonds. The van der Waals surface area contributed by atoms with E-state index in [1.165, 1.54) is 6.20 Å². The zero-order chi connectivity index (χ0) is 14.0. The summed E-state index contributed by atoms with van der Waals surface area (Å²) in [7, 11) is -1.76. The molecule has 1 heterocycles. The summed E-state index contributed by atoms with van der Waals surface area (Å²) >= 11 is 0. The van der Waals surface area contributed by atoms with Gasteiger partial charge in [-0.25, -0.2) is 18.1 Å². The minimum Gasteiger partial charge on any atom is -0.337 e. The van der Waals surface area contributed by atoms with Gasteiger partial charge >= 0.3 is 0 Å². The summed E-state index contributed by atoms with van der Waals surface area (Å²) in [5.41, 5.74) is 5.72. The van der Waals surface area contributed by atoms with Gasteiger partial charge in [-0.15, -0.1) is 0 Å². The fraction of sp³-hybridized carbons (Fsp3) is 0.750. The van der Waals surface area contributed by atoms with E-state index in [0.717, 1.165) is 25.7 Å². The predicted octanol–water partition coefficient (Wildman–Crippen LogP) is 0.524. The Morgan fingerprint density at radius 2 is 2.16 bits per heavy atom. The minimum atomic E-state index is -3.54. The maximum Gasteiger partial charge on any atom is 0.259 e. The fourth-order valence-electron chi connectivity index (χ4n) is 2.56. The maximum atomic E-state index is 12.3. The van der Waals surface area contributed by atoms with Gasteiger partial charge in [0.05, 0.1) is 0 Å².